The summed E-state index contributed by atoms with van der Waals surface area (Å²) in [7, 11) is -1.24. The van der Waals surface area contributed by atoms with Crippen molar-refractivity contribution in [1.82, 2.24) is 15.1 Å². The normalized spacial score (nSPS) is 18.2. The van der Waals surface area contributed by atoms with Gasteiger partial charge in [0.2, 0.25) is 0 Å². The first kappa shape index (κ1) is 19.3. The maximum Gasteiger partial charge on any atom is 0.274 e. The van der Waals surface area contributed by atoms with Crippen LogP contribution < -0.4 is 4.90 Å². The van der Waals surface area contributed by atoms with Gasteiger partial charge < -0.3 is 9.80 Å². The zero-order valence-corrected chi connectivity index (χ0v) is 16.4. The molecule has 1 amide bonds. The highest BCUT2D eigenvalue weighted by Crippen LogP contribution is 2.22. The summed E-state index contributed by atoms with van der Waals surface area (Å²) in [6.07, 6.45) is 0.596. The fraction of sp³-hybridized carbons (Fsp3) is 0.421. The van der Waals surface area contributed by atoms with Gasteiger partial charge in [0.15, 0.2) is 21.3 Å². The van der Waals surface area contributed by atoms with Crippen LogP contribution in [0.15, 0.2) is 42.5 Å². The van der Waals surface area contributed by atoms with Gasteiger partial charge in [0.25, 0.3) is 5.91 Å². The lowest BCUT2D eigenvalue weighted by atomic mass is 10.2. The average Bonchev–Trinajstić information content (AvgIpc) is 3.02. The molecule has 1 aromatic heterocycles. The summed E-state index contributed by atoms with van der Waals surface area (Å²) in [5.41, 5.74) is 1.31. The summed E-state index contributed by atoms with van der Waals surface area (Å²) in [5, 5.41) is 8.27. The van der Waals surface area contributed by atoms with E-state index in [4.69, 9.17) is 0 Å². The fourth-order valence-electron chi connectivity index (χ4n) is 3.35. The Hall–Kier alpha value is -2.48. The van der Waals surface area contributed by atoms with E-state index in [0.717, 1.165) is 5.56 Å². The van der Waals surface area contributed by atoms with Crippen molar-refractivity contribution in [2.75, 3.05) is 30.0 Å². The van der Waals surface area contributed by atoms with Crippen molar-refractivity contribution in [3.05, 3.63) is 53.7 Å². The third-order valence-electron chi connectivity index (χ3n) is 4.76. The van der Waals surface area contributed by atoms with Gasteiger partial charge in [-0.15, -0.1) is 10.2 Å². The van der Waals surface area contributed by atoms with E-state index in [2.05, 4.69) is 10.2 Å². The number of carbonyl (C=O) groups is 1. The molecule has 0 bridgehead atoms. The largest absolute Gasteiger partial charge is 0.351 e. The van der Waals surface area contributed by atoms with E-state index >= 15 is 0 Å². The first-order chi connectivity index (χ1) is 12.9. The van der Waals surface area contributed by atoms with Crippen molar-refractivity contribution in [1.29, 1.82) is 0 Å². The average molecular weight is 388 g/mol. The van der Waals surface area contributed by atoms with Crippen LogP contribution in [-0.4, -0.2) is 60.6 Å². The van der Waals surface area contributed by atoms with E-state index < -0.39 is 9.84 Å². The molecule has 144 valence electrons. The molecule has 1 saturated heterocycles. The van der Waals surface area contributed by atoms with Gasteiger partial charge >= 0.3 is 0 Å². The molecule has 0 radical (unpaired) electrons. The highest BCUT2D eigenvalue weighted by atomic mass is 32.2. The minimum atomic E-state index is -2.97. The molecule has 1 unspecified atom stereocenters. The summed E-state index contributed by atoms with van der Waals surface area (Å²) in [6, 6.07) is 13.0. The number of benzene rings is 1. The molecular formula is C19H24N4O3S. The smallest absolute Gasteiger partial charge is 0.274 e. The van der Waals surface area contributed by atoms with Crippen molar-refractivity contribution >= 4 is 21.6 Å². The van der Waals surface area contributed by atoms with Crippen LogP contribution in [0.2, 0.25) is 0 Å². The third kappa shape index (κ3) is 4.63. The zero-order valence-electron chi connectivity index (χ0n) is 15.6. The standard InChI is InChI=1S/C19H24N4O3S/c1-3-23(16-11-12-27(25,26)14-16)18-10-9-17(20-21-18)19(24)22(2)13-15-7-5-4-6-8-15/h4-10,16H,3,11-14H2,1-2H3. The lowest BCUT2D eigenvalue weighted by Gasteiger charge is -2.27. The van der Waals surface area contributed by atoms with Gasteiger partial charge in [-0.2, -0.15) is 0 Å². The van der Waals surface area contributed by atoms with Crippen molar-refractivity contribution in [2.45, 2.75) is 25.9 Å². The quantitative estimate of drug-likeness (QED) is 0.750. The third-order valence-corrected chi connectivity index (χ3v) is 6.51. The van der Waals surface area contributed by atoms with E-state index in [0.29, 0.717) is 25.3 Å². The van der Waals surface area contributed by atoms with Crippen LogP contribution in [0.1, 0.15) is 29.4 Å². The summed E-state index contributed by atoms with van der Waals surface area (Å²) in [4.78, 5) is 16.1. The van der Waals surface area contributed by atoms with E-state index in [1.54, 1.807) is 24.1 Å². The summed E-state index contributed by atoms with van der Waals surface area (Å²) < 4.78 is 23.5. The molecule has 0 N–H and O–H groups in total. The Kier molecular flexibility index (Phi) is 5.74. The van der Waals surface area contributed by atoms with E-state index in [1.165, 1.54) is 0 Å². The molecule has 1 aliphatic rings. The van der Waals surface area contributed by atoms with E-state index in [-0.39, 0.29) is 29.1 Å². The van der Waals surface area contributed by atoms with Crippen molar-refractivity contribution in [2.24, 2.45) is 0 Å². The van der Waals surface area contributed by atoms with Crippen molar-refractivity contribution in [3.63, 3.8) is 0 Å². The van der Waals surface area contributed by atoms with Crippen LogP contribution >= 0.6 is 0 Å². The zero-order chi connectivity index (χ0) is 19.4. The Morgan fingerprint density at radius 3 is 2.44 bits per heavy atom. The van der Waals surface area contributed by atoms with Gasteiger partial charge in [-0.25, -0.2) is 8.42 Å². The van der Waals surface area contributed by atoms with Crippen molar-refractivity contribution in [3.8, 4) is 0 Å². The second-order valence-corrected chi connectivity index (χ2v) is 9.00. The SMILES string of the molecule is CCN(c1ccc(C(=O)N(C)Cc2ccccc2)nn1)C1CCS(=O)(=O)C1. The Balaban J connectivity index is 1.69. The van der Waals surface area contributed by atoms with Gasteiger partial charge in [0.05, 0.1) is 11.5 Å². The Bertz CT molecular complexity index is 885. The fourth-order valence-corrected chi connectivity index (χ4v) is 5.08. The Morgan fingerprint density at radius 2 is 1.89 bits per heavy atom. The molecular weight excluding hydrogens is 364 g/mol. The molecule has 1 aromatic carbocycles. The molecule has 2 aromatic rings. The number of nitrogens with zero attached hydrogens (tertiary/aromatic N) is 4. The molecule has 0 aliphatic carbocycles. The number of rotatable bonds is 6. The maximum absolute atomic E-state index is 12.6. The topological polar surface area (TPSA) is 83.5 Å². The predicted molar refractivity (Wildman–Crippen MR) is 104 cm³/mol. The van der Waals surface area contributed by atoms with Crippen molar-refractivity contribution < 1.29 is 13.2 Å². The first-order valence-corrected chi connectivity index (χ1v) is 10.8. The second-order valence-electron chi connectivity index (χ2n) is 6.77. The lowest BCUT2D eigenvalue weighted by molar-refractivity contribution is 0.0778. The predicted octanol–water partition coefficient (Wildman–Crippen LogP) is 1.76. The monoisotopic (exact) mass is 388 g/mol. The molecule has 3 rings (SSSR count). The van der Waals surface area contributed by atoms with Crippen LogP contribution in [0.4, 0.5) is 5.82 Å². The molecule has 27 heavy (non-hydrogen) atoms. The second kappa shape index (κ2) is 8.04. The number of amides is 1. The van der Waals surface area contributed by atoms with Gasteiger partial charge in [-0.1, -0.05) is 30.3 Å². The molecule has 2 heterocycles. The summed E-state index contributed by atoms with van der Waals surface area (Å²) >= 11 is 0. The van der Waals surface area contributed by atoms with Gasteiger partial charge in [-0.3, -0.25) is 4.79 Å². The Morgan fingerprint density at radius 1 is 1.15 bits per heavy atom. The number of carbonyl (C=O) groups excluding carboxylic acids is 1. The van der Waals surface area contributed by atoms with Crippen LogP contribution in [0.25, 0.3) is 0 Å². The highest BCUT2D eigenvalue weighted by Gasteiger charge is 2.32. The summed E-state index contributed by atoms with van der Waals surface area (Å²) in [5.74, 6) is 0.747. The first-order valence-electron chi connectivity index (χ1n) is 9.00. The van der Waals surface area contributed by atoms with Crippen LogP contribution in [0.3, 0.4) is 0 Å². The van der Waals surface area contributed by atoms with Gasteiger partial charge in [0.1, 0.15) is 0 Å². The number of hydrogen-bond acceptors (Lipinski definition) is 6. The molecule has 0 saturated carbocycles. The van der Waals surface area contributed by atoms with Crippen LogP contribution in [-0.2, 0) is 16.4 Å². The maximum atomic E-state index is 12.6. The van der Waals surface area contributed by atoms with Gasteiger partial charge in [0, 0.05) is 26.2 Å². The summed E-state index contributed by atoms with van der Waals surface area (Å²) in [6.45, 7) is 3.08. The molecule has 7 nitrogen and oxygen atoms in total. The van der Waals surface area contributed by atoms with Crippen LogP contribution in [0.5, 0.6) is 0 Å². The molecule has 1 aliphatic heterocycles. The molecule has 1 fully saturated rings. The highest BCUT2D eigenvalue weighted by molar-refractivity contribution is 7.91. The van der Waals surface area contributed by atoms with E-state index in [9.17, 15) is 13.2 Å². The number of aromatic nitrogens is 2. The molecule has 0 spiro atoms. The minimum absolute atomic E-state index is 0.0865. The lowest BCUT2D eigenvalue weighted by Crippen LogP contribution is -2.37. The van der Waals surface area contributed by atoms with E-state index in [1.807, 2.05) is 42.2 Å². The Labute approximate surface area is 159 Å². The van der Waals surface area contributed by atoms with Gasteiger partial charge in [-0.05, 0) is 31.0 Å². The molecule has 8 heteroatoms. The number of sulfone groups is 1. The number of hydrogen-bond donors (Lipinski definition) is 0. The number of anilines is 1. The van der Waals surface area contributed by atoms with Crippen LogP contribution in [0, 0.1) is 0 Å². The minimum Gasteiger partial charge on any atom is -0.351 e. The molecule has 1 atom stereocenters.